The second-order valence-electron chi connectivity index (χ2n) is 5.12. The minimum Gasteiger partial charge on any atom is -0.368 e. The first-order valence-electron chi connectivity index (χ1n) is 7.00. The van der Waals surface area contributed by atoms with Crippen LogP contribution in [0, 0.1) is 5.82 Å². The maximum absolute atomic E-state index is 14.0. The lowest BCUT2D eigenvalue weighted by molar-refractivity contribution is 0.606. The fraction of sp³-hybridized carbons (Fsp3) is 0.294. The van der Waals surface area contributed by atoms with E-state index < -0.39 is 0 Å². The quantitative estimate of drug-likeness (QED) is 0.898. The van der Waals surface area contributed by atoms with Gasteiger partial charge >= 0.3 is 0 Å². The number of rotatable bonds is 5. The first-order chi connectivity index (χ1) is 10.0. The van der Waals surface area contributed by atoms with Crippen LogP contribution in [0.5, 0.6) is 0 Å². The van der Waals surface area contributed by atoms with Gasteiger partial charge in [0.25, 0.3) is 0 Å². The number of hydrogen-bond acceptors (Lipinski definition) is 2. The Hall–Kier alpha value is -1.58. The number of benzene rings is 2. The molecular formula is C17H20ClFN2. The fourth-order valence-electron chi connectivity index (χ4n) is 2.47. The molecule has 0 heterocycles. The van der Waals surface area contributed by atoms with Crippen molar-refractivity contribution in [2.45, 2.75) is 19.4 Å². The van der Waals surface area contributed by atoms with Crippen LogP contribution in [0.15, 0.2) is 42.5 Å². The lowest BCUT2D eigenvalue weighted by Gasteiger charge is -2.29. The molecule has 2 aromatic carbocycles. The average molecular weight is 307 g/mol. The number of halogens is 2. The maximum Gasteiger partial charge on any atom is 0.128 e. The van der Waals surface area contributed by atoms with Crippen LogP contribution >= 0.6 is 11.6 Å². The highest BCUT2D eigenvalue weighted by Gasteiger charge is 2.17. The topological polar surface area (TPSA) is 29.3 Å². The molecular weight excluding hydrogens is 287 g/mol. The molecule has 2 aromatic rings. The Morgan fingerprint density at radius 3 is 2.62 bits per heavy atom. The van der Waals surface area contributed by atoms with Gasteiger partial charge in [-0.15, -0.1) is 0 Å². The molecule has 2 nitrogen and oxygen atoms in total. The fourth-order valence-corrected chi connectivity index (χ4v) is 2.67. The molecule has 0 bridgehead atoms. The van der Waals surface area contributed by atoms with Gasteiger partial charge in [0.15, 0.2) is 0 Å². The average Bonchev–Trinajstić information content (AvgIpc) is 2.48. The summed E-state index contributed by atoms with van der Waals surface area (Å²) in [4.78, 5) is 2.06. The Bertz CT molecular complexity index is 615. The number of nitrogens with two attached hydrogens (primary N) is 1. The molecule has 0 aliphatic carbocycles. The van der Waals surface area contributed by atoms with E-state index in [0.717, 1.165) is 11.3 Å². The summed E-state index contributed by atoms with van der Waals surface area (Å²) in [7, 11) is 1.96. The van der Waals surface area contributed by atoms with E-state index in [-0.39, 0.29) is 11.9 Å². The van der Waals surface area contributed by atoms with E-state index in [1.807, 2.05) is 37.4 Å². The summed E-state index contributed by atoms with van der Waals surface area (Å²) in [6.45, 7) is 2.50. The van der Waals surface area contributed by atoms with E-state index >= 15 is 0 Å². The standard InChI is InChI=1S/C17H20ClFN2/c1-12(13-5-3-6-14(18)11-13)21(2)17-8-4-7-16(19)15(17)9-10-20/h3-8,11-12H,9-10,20H2,1-2H3. The van der Waals surface area contributed by atoms with Gasteiger partial charge in [0.1, 0.15) is 5.82 Å². The van der Waals surface area contributed by atoms with Crippen LogP contribution in [0.1, 0.15) is 24.1 Å². The zero-order chi connectivity index (χ0) is 15.4. The van der Waals surface area contributed by atoms with Crippen LogP contribution < -0.4 is 10.6 Å². The van der Waals surface area contributed by atoms with Crippen molar-refractivity contribution in [1.82, 2.24) is 0 Å². The van der Waals surface area contributed by atoms with Gasteiger partial charge in [-0.05, 0) is 49.7 Å². The van der Waals surface area contributed by atoms with Crippen LogP contribution in [-0.4, -0.2) is 13.6 Å². The normalized spacial score (nSPS) is 12.2. The van der Waals surface area contributed by atoms with Gasteiger partial charge in [0.2, 0.25) is 0 Å². The Balaban J connectivity index is 2.35. The molecule has 0 saturated heterocycles. The molecule has 0 radical (unpaired) electrons. The molecule has 0 spiro atoms. The van der Waals surface area contributed by atoms with E-state index in [1.54, 1.807) is 6.07 Å². The molecule has 21 heavy (non-hydrogen) atoms. The van der Waals surface area contributed by atoms with Gasteiger partial charge in [-0.1, -0.05) is 29.8 Å². The third-order valence-corrected chi connectivity index (χ3v) is 4.02. The van der Waals surface area contributed by atoms with Crippen molar-refractivity contribution in [2.24, 2.45) is 5.73 Å². The minimum absolute atomic E-state index is 0.0852. The summed E-state index contributed by atoms with van der Waals surface area (Å²) in [6.07, 6.45) is 0.522. The van der Waals surface area contributed by atoms with Crippen molar-refractivity contribution in [3.8, 4) is 0 Å². The van der Waals surface area contributed by atoms with Crippen LogP contribution in [-0.2, 0) is 6.42 Å². The summed E-state index contributed by atoms with van der Waals surface area (Å²) < 4.78 is 14.0. The van der Waals surface area contributed by atoms with Crippen LogP contribution in [0.25, 0.3) is 0 Å². The lowest BCUT2D eigenvalue weighted by atomic mass is 10.0. The van der Waals surface area contributed by atoms with Crippen molar-refractivity contribution >= 4 is 17.3 Å². The van der Waals surface area contributed by atoms with Crippen LogP contribution in [0.4, 0.5) is 10.1 Å². The van der Waals surface area contributed by atoms with Gasteiger partial charge in [0.05, 0.1) is 6.04 Å². The smallest absolute Gasteiger partial charge is 0.128 e. The monoisotopic (exact) mass is 306 g/mol. The first kappa shape index (κ1) is 15.8. The summed E-state index contributed by atoms with van der Waals surface area (Å²) >= 11 is 6.05. The van der Waals surface area contributed by atoms with Crippen LogP contribution in [0.2, 0.25) is 5.02 Å². The van der Waals surface area contributed by atoms with Gasteiger partial charge < -0.3 is 10.6 Å². The van der Waals surface area contributed by atoms with Gasteiger partial charge in [-0.2, -0.15) is 0 Å². The molecule has 0 saturated carbocycles. The zero-order valence-corrected chi connectivity index (χ0v) is 13.1. The molecule has 0 fully saturated rings. The molecule has 2 N–H and O–H groups in total. The molecule has 4 heteroatoms. The van der Waals surface area contributed by atoms with Gasteiger partial charge in [0, 0.05) is 23.3 Å². The molecule has 0 aliphatic rings. The first-order valence-corrected chi connectivity index (χ1v) is 7.38. The highest BCUT2D eigenvalue weighted by atomic mass is 35.5. The van der Waals surface area contributed by atoms with E-state index in [1.165, 1.54) is 6.07 Å². The molecule has 0 aliphatic heterocycles. The van der Waals surface area contributed by atoms with E-state index in [9.17, 15) is 4.39 Å². The number of nitrogens with zero attached hydrogens (tertiary/aromatic N) is 1. The van der Waals surface area contributed by atoms with Crippen molar-refractivity contribution in [2.75, 3.05) is 18.5 Å². The van der Waals surface area contributed by atoms with Gasteiger partial charge in [-0.25, -0.2) is 4.39 Å². The second-order valence-corrected chi connectivity index (χ2v) is 5.55. The Morgan fingerprint density at radius 2 is 1.95 bits per heavy atom. The second kappa shape index (κ2) is 6.92. The van der Waals surface area contributed by atoms with E-state index in [2.05, 4.69) is 11.8 Å². The zero-order valence-electron chi connectivity index (χ0n) is 12.3. The van der Waals surface area contributed by atoms with E-state index in [4.69, 9.17) is 17.3 Å². The molecule has 0 amide bonds. The predicted molar refractivity (Wildman–Crippen MR) is 87.4 cm³/mol. The van der Waals surface area contributed by atoms with Crippen molar-refractivity contribution in [1.29, 1.82) is 0 Å². The lowest BCUT2D eigenvalue weighted by Crippen LogP contribution is -2.24. The van der Waals surface area contributed by atoms with Crippen molar-refractivity contribution in [3.05, 3.63) is 64.4 Å². The third kappa shape index (κ3) is 3.55. The predicted octanol–water partition coefficient (Wildman–Crippen LogP) is 4.18. The summed E-state index contributed by atoms with van der Waals surface area (Å²) in [5.41, 5.74) is 8.23. The summed E-state index contributed by atoms with van der Waals surface area (Å²) in [6, 6.07) is 12.9. The summed E-state index contributed by atoms with van der Waals surface area (Å²) in [5.74, 6) is -0.205. The van der Waals surface area contributed by atoms with Crippen LogP contribution in [0.3, 0.4) is 0 Å². The molecule has 0 aromatic heterocycles. The largest absolute Gasteiger partial charge is 0.368 e. The maximum atomic E-state index is 14.0. The Labute approximate surface area is 130 Å². The number of hydrogen-bond donors (Lipinski definition) is 1. The van der Waals surface area contributed by atoms with Gasteiger partial charge in [-0.3, -0.25) is 0 Å². The third-order valence-electron chi connectivity index (χ3n) is 3.78. The number of anilines is 1. The van der Waals surface area contributed by atoms with Crippen molar-refractivity contribution < 1.29 is 4.39 Å². The Morgan fingerprint density at radius 1 is 1.24 bits per heavy atom. The van der Waals surface area contributed by atoms with E-state index in [0.29, 0.717) is 23.6 Å². The molecule has 1 unspecified atom stereocenters. The summed E-state index contributed by atoms with van der Waals surface area (Å²) in [5, 5.41) is 0.703. The highest BCUT2D eigenvalue weighted by Crippen LogP contribution is 2.30. The van der Waals surface area contributed by atoms with Crippen molar-refractivity contribution in [3.63, 3.8) is 0 Å². The molecule has 1 atom stereocenters. The minimum atomic E-state index is -0.205. The SMILES string of the molecule is CC(c1cccc(Cl)c1)N(C)c1cccc(F)c1CCN. The highest BCUT2D eigenvalue weighted by molar-refractivity contribution is 6.30. The Kier molecular flexibility index (Phi) is 5.21. The molecule has 2 rings (SSSR count). The molecule has 112 valence electrons.